The number of hydrogen-bond acceptors (Lipinski definition) is 4. The first-order valence-electron chi connectivity index (χ1n) is 6.23. The molecule has 2 aromatic rings. The number of aromatic nitrogens is 2. The van der Waals surface area contributed by atoms with Gasteiger partial charge in [0, 0.05) is 10.6 Å². The van der Waals surface area contributed by atoms with Gasteiger partial charge in [0.25, 0.3) is 0 Å². The zero-order chi connectivity index (χ0) is 13.2. The average Bonchev–Trinajstić information content (AvgIpc) is 2.85. The van der Waals surface area contributed by atoms with Crippen molar-refractivity contribution in [1.29, 1.82) is 0 Å². The molecular formula is C14H14ClN3O. The number of nitrogens with zero attached hydrogens (tertiary/aromatic N) is 2. The van der Waals surface area contributed by atoms with E-state index >= 15 is 0 Å². The molecule has 1 aromatic carbocycles. The van der Waals surface area contributed by atoms with Gasteiger partial charge in [-0.1, -0.05) is 23.7 Å². The van der Waals surface area contributed by atoms with E-state index in [4.69, 9.17) is 11.6 Å². The van der Waals surface area contributed by atoms with E-state index in [2.05, 4.69) is 15.3 Å². The molecule has 0 radical (unpaired) electrons. The van der Waals surface area contributed by atoms with Crippen molar-refractivity contribution in [2.45, 2.75) is 18.6 Å². The Morgan fingerprint density at radius 3 is 2.89 bits per heavy atom. The molecule has 0 bridgehead atoms. The third-order valence-electron chi connectivity index (χ3n) is 3.32. The molecule has 1 aliphatic rings. The minimum atomic E-state index is -0.387. The highest BCUT2D eigenvalue weighted by molar-refractivity contribution is 6.30. The maximum Gasteiger partial charge on any atom is 0.116 e. The van der Waals surface area contributed by atoms with Crippen molar-refractivity contribution in [3.8, 4) is 11.3 Å². The summed E-state index contributed by atoms with van der Waals surface area (Å²) in [6.07, 6.45) is 1.89. The minimum Gasteiger partial charge on any atom is -0.391 e. The molecule has 1 fully saturated rings. The number of halogens is 1. The van der Waals surface area contributed by atoms with Crippen LogP contribution in [0.2, 0.25) is 5.02 Å². The fourth-order valence-corrected chi connectivity index (χ4v) is 2.53. The van der Waals surface area contributed by atoms with Crippen LogP contribution in [0.4, 0.5) is 0 Å². The standard InChI is InChI=1S/C14H14ClN3O/c15-10-3-1-2-9(6-10)11-7-12(18-8-17-11)14-13(19)4-5-16-14/h1-3,6-8,13-14,16,19H,4-5H2/t13-,14?/m0/s1. The Bertz CT molecular complexity index is 590. The fourth-order valence-electron chi connectivity index (χ4n) is 2.34. The van der Waals surface area contributed by atoms with E-state index in [1.807, 2.05) is 30.3 Å². The van der Waals surface area contributed by atoms with Gasteiger partial charge in [-0.25, -0.2) is 9.97 Å². The van der Waals surface area contributed by atoms with Crippen LogP contribution in [-0.4, -0.2) is 27.7 Å². The second kappa shape index (κ2) is 5.25. The monoisotopic (exact) mass is 275 g/mol. The summed E-state index contributed by atoms with van der Waals surface area (Å²) < 4.78 is 0. The van der Waals surface area contributed by atoms with Crippen LogP contribution >= 0.6 is 11.6 Å². The first-order valence-corrected chi connectivity index (χ1v) is 6.61. The highest BCUT2D eigenvalue weighted by atomic mass is 35.5. The van der Waals surface area contributed by atoms with Crippen LogP contribution < -0.4 is 5.32 Å². The fraction of sp³-hybridized carbons (Fsp3) is 0.286. The van der Waals surface area contributed by atoms with E-state index in [-0.39, 0.29) is 12.1 Å². The Balaban J connectivity index is 1.96. The summed E-state index contributed by atoms with van der Waals surface area (Å²) >= 11 is 5.99. The van der Waals surface area contributed by atoms with Gasteiger partial charge in [-0.05, 0) is 31.2 Å². The Hall–Kier alpha value is -1.49. The molecule has 1 aromatic heterocycles. The van der Waals surface area contributed by atoms with Crippen molar-refractivity contribution >= 4 is 11.6 Å². The number of benzene rings is 1. The van der Waals surface area contributed by atoms with Crippen LogP contribution in [0.25, 0.3) is 11.3 Å². The Labute approximate surface area is 116 Å². The molecule has 2 atom stereocenters. The van der Waals surface area contributed by atoms with Crippen LogP contribution in [0.3, 0.4) is 0 Å². The smallest absolute Gasteiger partial charge is 0.116 e. The van der Waals surface area contributed by atoms with E-state index in [9.17, 15) is 5.11 Å². The third-order valence-corrected chi connectivity index (χ3v) is 3.55. The molecule has 1 saturated heterocycles. The molecule has 1 unspecified atom stereocenters. The van der Waals surface area contributed by atoms with Crippen LogP contribution in [0.1, 0.15) is 18.2 Å². The van der Waals surface area contributed by atoms with Gasteiger partial charge in [0.2, 0.25) is 0 Å². The van der Waals surface area contributed by atoms with Crippen LogP contribution in [-0.2, 0) is 0 Å². The highest BCUT2D eigenvalue weighted by Crippen LogP contribution is 2.26. The molecule has 19 heavy (non-hydrogen) atoms. The SMILES string of the molecule is O[C@H]1CCNC1c1cc(-c2cccc(Cl)c2)ncn1. The van der Waals surface area contributed by atoms with E-state index in [0.29, 0.717) is 5.02 Å². The molecule has 0 amide bonds. The third kappa shape index (κ3) is 2.61. The van der Waals surface area contributed by atoms with E-state index < -0.39 is 0 Å². The number of nitrogens with one attached hydrogen (secondary N) is 1. The first kappa shape index (κ1) is 12.5. The lowest BCUT2D eigenvalue weighted by Crippen LogP contribution is -2.22. The second-order valence-corrected chi connectivity index (χ2v) is 5.06. The van der Waals surface area contributed by atoms with Crippen molar-refractivity contribution in [1.82, 2.24) is 15.3 Å². The zero-order valence-electron chi connectivity index (χ0n) is 10.3. The molecule has 4 nitrogen and oxygen atoms in total. The maximum atomic E-state index is 9.90. The molecule has 0 aliphatic carbocycles. The molecular weight excluding hydrogens is 262 g/mol. The lowest BCUT2D eigenvalue weighted by atomic mass is 10.1. The molecule has 2 N–H and O–H groups in total. The van der Waals surface area contributed by atoms with Gasteiger partial charge in [-0.3, -0.25) is 0 Å². The van der Waals surface area contributed by atoms with Crippen molar-refractivity contribution in [3.05, 3.63) is 47.4 Å². The van der Waals surface area contributed by atoms with Crippen molar-refractivity contribution in [2.75, 3.05) is 6.54 Å². The number of hydrogen-bond donors (Lipinski definition) is 2. The van der Waals surface area contributed by atoms with E-state index in [0.717, 1.165) is 29.9 Å². The summed E-state index contributed by atoms with van der Waals surface area (Å²) in [6, 6.07) is 9.33. The van der Waals surface area contributed by atoms with Gasteiger partial charge in [-0.2, -0.15) is 0 Å². The zero-order valence-corrected chi connectivity index (χ0v) is 11.0. The summed E-state index contributed by atoms with van der Waals surface area (Å²) in [5.41, 5.74) is 2.58. The Morgan fingerprint density at radius 1 is 1.26 bits per heavy atom. The normalized spacial score (nSPS) is 22.6. The average molecular weight is 276 g/mol. The van der Waals surface area contributed by atoms with E-state index in [1.54, 1.807) is 0 Å². The van der Waals surface area contributed by atoms with Crippen molar-refractivity contribution in [3.63, 3.8) is 0 Å². The van der Waals surface area contributed by atoms with Gasteiger partial charge in [-0.15, -0.1) is 0 Å². The minimum absolute atomic E-state index is 0.110. The topological polar surface area (TPSA) is 58.0 Å². The van der Waals surface area contributed by atoms with Gasteiger partial charge < -0.3 is 10.4 Å². The van der Waals surface area contributed by atoms with Gasteiger partial charge in [0.05, 0.1) is 23.5 Å². The van der Waals surface area contributed by atoms with Crippen LogP contribution in [0.5, 0.6) is 0 Å². The molecule has 3 rings (SSSR count). The lowest BCUT2D eigenvalue weighted by Gasteiger charge is -2.14. The molecule has 0 spiro atoms. The van der Waals surface area contributed by atoms with Crippen molar-refractivity contribution < 1.29 is 5.11 Å². The number of aliphatic hydroxyl groups is 1. The Kier molecular flexibility index (Phi) is 3.46. The molecule has 0 saturated carbocycles. The van der Waals surface area contributed by atoms with Gasteiger partial charge in [0.1, 0.15) is 6.33 Å². The first-order chi connectivity index (χ1) is 9.24. The molecule has 5 heteroatoms. The molecule has 2 heterocycles. The number of rotatable bonds is 2. The second-order valence-electron chi connectivity index (χ2n) is 4.63. The predicted octanol–water partition coefficient (Wildman–Crippen LogP) is 2.19. The summed E-state index contributed by atoms with van der Waals surface area (Å²) in [5, 5.41) is 13.8. The summed E-state index contributed by atoms with van der Waals surface area (Å²) in [5.74, 6) is 0. The quantitative estimate of drug-likeness (QED) is 0.882. The van der Waals surface area contributed by atoms with Crippen LogP contribution in [0, 0.1) is 0 Å². The summed E-state index contributed by atoms with van der Waals surface area (Å²) in [6.45, 7) is 0.808. The van der Waals surface area contributed by atoms with E-state index in [1.165, 1.54) is 6.33 Å². The molecule has 1 aliphatic heterocycles. The van der Waals surface area contributed by atoms with Crippen LogP contribution in [0.15, 0.2) is 36.7 Å². The largest absolute Gasteiger partial charge is 0.391 e. The predicted molar refractivity (Wildman–Crippen MR) is 73.8 cm³/mol. The molecule has 98 valence electrons. The lowest BCUT2D eigenvalue weighted by molar-refractivity contribution is 0.158. The summed E-state index contributed by atoms with van der Waals surface area (Å²) in [4.78, 5) is 8.52. The van der Waals surface area contributed by atoms with Crippen molar-refractivity contribution in [2.24, 2.45) is 0 Å². The Morgan fingerprint density at radius 2 is 2.16 bits per heavy atom. The maximum absolute atomic E-state index is 9.90. The van der Waals surface area contributed by atoms with Gasteiger partial charge in [0.15, 0.2) is 0 Å². The summed E-state index contributed by atoms with van der Waals surface area (Å²) in [7, 11) is 0. The van der Waals surface area contributed by atoms with Gasteiger partial charge >= 0.3 is 0 Å². The number of aliphatic hydroxyl groups excluding tert-OH is 1. The highest BCUT2D eigenvalue weighted by Gasteiger charge is 2.27.